The van der Waals surface area contributed by atoms with Gasteiger partial charge in [-0.2, -0.15) is 5.10 Å². The van der Waals surface area contributed by atoms with Gasteiger partial charge in [0.15, 0.2) is 0 Å². The van der Waals surface area contributed by atoms with E-state index in [2.05, 4.69) is 68.8 Å². The quantitative estimate of drug-likeness (QED) is 0.662. The van der Waals surface area contributed by atoms with Crippen LogP contribution >= 0.6 is 0 Å². The Hall–Kier alpha value is -1.25. The summed E-state index contributed by atoms with van der Waals surface area (Å²) >= 11 is 0. The molecule has 3 heteroatoms. The van der Waals surface area contributed by atoms with Crippen molar-refractivity contribution in [3.63, 3.8) is 0 Å². The van der Waals surface area contributed by atoms with E-state index in [0.717, 1.165) is 0 Å². The maximum atomic E-state index is 4.64. The second-order valence-corrected chi connectivity index (χ2v) is 7.75. The molecule has 2 unspecified atom stereocenters. The van der Waals surface area contributed by atoms with Crippen molar-refractivity contribution in [2.75, 3.05) is 0 Å². The van der Waals surface area contributed by atoms with Crippen molar-refractivity contribution in [1.82, 2.24) is 9.91 Å². The average molecular weight is 259 g/mol. The Labute approximate surface area is 116 Å². The van der Waals surface area contributed by atoms with Gasteiger partial charge in [-0.25, -0.2) is 5.01 Å². The molecule has 3 heterocycles. The fraction of sp³-hybridized carbons (Fsp3) is 0.688. The standard InChI is InChI=1S/C16H25N3/c1-11-9-16(5,6)12-7-8-17-19-13(15(2,3)4)10-18(11)14(12)19/h7-8,10-11,14H,9H2,1-6H3. The van der Waals surface area contributed by atoms with E-state index in [1.54, 1.807) is 0 Å². The van der Waals surface area contributed by atoms with Crippen molar-refractivity contribution in [2.24, 2.45) is 15.9 Å². The fourth-order valence-electron chi connectivity index (χ4n) is 3.66. The Kier molecular flexibility index (Phi) is 2.45. The van der Waals surface area contributed by atoms with Gasteiger partial charge in [0.05, 0.1) is 5.70 Å². The van der Waals surface area contributed by atoms with E-state index >= 15 is 0 Å². The van der Waals surface area contributed by atoms with Gasteiger partial charge in [0.25, 0.3) is 0 Å². The summed E-state index contributed by atoms with van der Waals surface area (Å²) in [4.78, 5) is 2.49. The van der Waals surface area contributed by atoms with Crippen molar-refractivity contribution in [3.8, 4) is 0 Å². The zero-order valence-electron chi connectivity index (χ0n) is 12.9. The van der Waals surface area contributed by atoms with Crippen LogP contribution in [0.25, 0.3) is 0 Å². The summed E-state index contributed by atoms with van der Waals surface area (Å²) < 4.78 is 0. The van der Waals surface area contributed by atoms with Crippen LogP contribution in [0.4, 0.5) is 0 Å². The van der Waals surface area contributed by atoms with Gasteiger partial charge >= 0.3 is 0 Å². The second kappa shape index (κ2) is 3.65. The van der Waals surface area contributed by atoms with Crippen LogP contribution in [0.5, 0.6) is 0 Å². The van der Waals surface area contributed by atoms with Gasteiger partial charge in [-0.1, -0.05) is 34.6 Å². The minimum Gasteiger partial charge on any atom is -0.348 e. The summed E-state index contributed by atoms with van der Waals surface area (Å²) in [5.41, 5.74) is 3.20. The number of hydrogen-bond acceptors (Lipinski definition) is 3. The van der Waals surface area contributed by atoms with Crippen LogP contribution in [-0.2, 0) is 0 Å². The first kappa shape index (κ1) is 12.8. The maximum Gasteiger partial charge on any atom is 0.146 e. The topological polar surface area (TPSA) is 18.8 Å². The lowest BCUT2D eigenvalue weighted by atomic mass is 9.73. The van der Waals surface area contributed by atoms with Crippen LogP contribution in [0.15, 0.2) is 28.6 Å². The third-order valence-electron chi connectivity index (χ3n) is 4.62. The first-order valence-corrected chi connectivity index (χ1v) is 7.25. The molecule has 3 nitrogen and oxygen atoms in total. The molecule has 0 amide bonds. The molecule has 1 fully saturated rings. The van der Waals surface area contributed by atoms with Crippen LogP contribution in [0, 0.1) is 10.8 Å². The van der Waals surface area contributed by atoms with Gasteiger partial charge < -0.3 is 4.90 Å². The molecule has 0 spiro atoms. The van der Waals surface area contributed by atoms with Gasteiger partial charge in [0.1, 0.15) is 6.17 Å². The third kappa shape index (κ3) is 1.74. The Morgan fingerprint density at radius 3 is 2.63 bits per heavy atom. The van der Waals surface area contributed by atoms with E-state index in [-0.39, 0.29) is 10.8 Å². The maximum absolute atomic E-state index is 4.64. The van der Waals surface area contributed by atoms with Crippen LogP contribution in [0.1, 0.15) is 48.0 Å². The predicted molar refractivity (Wildman–Crippen MR) is 79.4 cm³/mol. The van der Waals surface area contributed by atoms with E-state index in [1.165, 1.54) is 17.7 Å². The SMILES string of the molecule is CC1CC(C)(C)C2=CC=NN3C(C(C)(C)C)=CN1C23. The Morgan fingerprint density at radius 2 is 2.00 bits per heavy atom. The Balaban J connectivity index is 2.08. The van der Waals surface area contributed by atoms with Crippen molar-refractivity contribution in [1.29, 1.82) is 0 Å². The predicted octanol–water partition coefficient (Wildman–Crippen LogP) is 3.56. The van der Waals surface area contributed by atoms with Gasteiger partial charge in [-0.15, -0.1) is 0 Å². The third-order valence-corrected chi connectivity index (χ3v) is 4.62. The van der Waals surface area contributed by atoms with E-state index in [0.29, 0.717) is 12.2 Å². The lowest BCUT2D eigenvalue weighted by Gasteiger charge is -2.49. The van der Waals surface area contributed by atoms with Crippen molar-refractivity contribution in [3.05, 3.63) is 23.5 Å². The zero-order chi connectivity index (χ0) is 14.0. The van der Waals surface area contributed by atoms with E-state index in [9.17, 15) is 0 Å². The largest absolute Gasteiger partial charge is 0.348 e. The van der Waals surface area contributed by atoms with Crippen molar-refractivity contribution in [2.45, 2.75) is 60.2 Å². The highest BCUT2D eigenvalue weighted by atomic mass is 15.6. The van der Waals surface area contributed by atoms with E-state index in [1.807, 2.05) is 6.21 Å². The summed E-state index contributed by atoms with van der Waals surface area (Å²) in [7, 11) is 0. The minimum atomic E-state index is 0.126. The Morgan fingerprint density at radius 1 is 1.32 bits per heavy atom. The highest BCUT2D eigenvalue weighted by molar-refractivity contribution is 5.74. The van der Waals surface area contributed by atoms with Crippen molar-refractivity contribution >= 4 is 6.21 Å². The summed E-state index contributed by atoms with van der Waals surface area (Å²) in [6.07, 6.45) is 8.02. The number of allylic oxidation sites excluding steroid dienone is 2. The van der Waals surface area contributed by atoms with Gasteiger partial charge in [-0.3, -0.25) is 0 Å². The lowest BCUT2D eigenvalue weighted by Crippen LogP contribution is -2.53. The number of rotatable bonds is 0. The summed E-state index contributed by atoms with van der Waals surface area (Å²) in [6.45, 7) is 13.8. The van der Waals surface area contributed by atoms with Crippen LogP contribution in [-0.4, -0.2) is 28.3 Å². The normalized spacial score (nSPS) is 32.1. The molecule has 19 heavy (non-hydrogen) atoms. The molecule has 1 saturated heterocycles. The molecule has 3 aliphatic heterocycles. The summed E-state index contributed by atoms with van der Waals surface area (Å²) in [6, 6.07) is 0.563. The van der Waals surface area contributed by atoms with Gasteiger partial charge in [0.2, 0.25) is 0 Å². The molecule has 0 aromatic rings. The van der Waals surface area contributed by atoms with E-state index in [4.69, 9.17) is 0 Å². The lowest BCUT2D eigenvalue weighted by molar-refractivity contribution is 0.0600. The summed E-state index contributed by atoms with van der Waals surface area (Å²) in [5.74, 6) is 0. The molecule has 0 N–H and O–H groups in total. The average Bonchev–Trinajstić information content (AvgIpc) is 2.65. The fourth-order valence-corrected chi connectivity index (χ4v) is 3.66. The minimum absolute atomic E-state index is 0.126. The van der Waals surface area contributed by atoms with Gasteiger partial charge in [0, 0.05) is 23.9 Å². The number of hydrogen-bond donors (Lipinski definition) is 0. The molecule has 2 atom stereocenters. The van der Waals surface area contributed by atoms with Crippen LogP contribution in [0.3, 0.4) is 0 Å². The van der Waals surface area contributed by atoms with Crippen LogP contribution < -0.4 is 0 Å². The molecule has 3 aliphatic rings. The first-order chi connectivity index (χ1) is 8.72. The smallest absolute Gasteiger partial charge is 0.146 e. The van der Waals surface area contributed by atoms with Gasteiger partial charge in [-0.05, 0) is 30.4 Å². The molecule has 0 aliphatic carbocycles. The molecule has 104 valence electrons. The Bertz CT molecular complexity index is 491. The molecule has 0 radical (unpaired) electrons. The molecular formula is C16H25N3. The molecule has 0 aromatic carbocycles. The van der Waals surface area contributed by atoms with E-state index < -0.39 is 0 Å². The highest BCUT2D eigenvalue weighted by Gasteiger charge is 2.49. The molecule has 0 aromatic heterocycles. The molecule has 3 rings (SSSR count). The monoisotopic (exact) mass is 259 g/mol. The molecule has 0 saturated carbocycles. The zero-order valence-corrected chi connectivity index (χ0v) is 12.9. The molecule has 0 bridgehead atoms. The summed E-state index contributed by atoms with van der Waals surface area (Å²) in [5, 5.41) is 6.87. The van der Waals surface area contributed by atoms with Crippen LogP contribution in [0.2, 0.25) is 0 Å². The first-order valence-electron chi connectivity index (χ1n) is 7.25. The van der Waals surface area contributed by atoms with Crippen molar-refractivity contribution < 1.29 is 0 Å². The highest BCUT2D eigenvalue weighted by Crippen LogP contribution is 2.49. The second-order valence-electron chi connectivity index (χ2n) is 7.75. The number of nitrogens with zero attached hydrogens (tertiary/aromatic N) is 3. The number of hydrazone groups is 1. The number of piperidine rings is 1. The molecular weight excluding hydrogens is 234 g/mol.